The Hall–Kier alpha value is -2.90. The first-order valence-electron chi connectivity index (χ1n) is 5.03. The first-order chi connectivity index (χ1) is 8.74. The third kappa shape index (κ3) is 1.65. The summed E-state index contributed by atoms with van der Waals surface area (Å²) in [5.41, 5.74) is 6.94. The van der Waals surface area contributed by atoms with Gasteiger partial charge in [0, 0.05) is 5.56 Å². The molecule has 0 atom stereocenters. The molecule has 0 unspecified atom stereocenters. The number of hydrogen-bond donors (Lipinski definition) is 3. The van der Waals surface area contributed by atoms with Crippen LogP contribution in [0.3, 0.4) is 0 Å². The van der Waals surface area contributed by atoms with Crippen LogP contribution in [0.5, 0.6) is 5.75 Å². The molecular weight excluding hydrogens is 236 g/mol. The quantitative estimate of drug-likeness (QED) is 0.449. The number of aromatic hydroxyl groups is 1. The van der Waals surface area contributed by atoms with Crippen molar-refractivity contribution >= 4 is 5.69 Å². The average Bonchev–Trinajstić information content (AvgIpc) is 3.01. The lowest BCUT2D eigenvalue weighted by Crippen LogP contribution is -1.87. The highest BCUT2D eigenvalue weighted by molar-refractivity contribution is 5.65. The van der Waals surface area contributed by atoms with E-state index in [-0.39, 0.29) is 11.4 Å². The van der Waals surface area contributed by atoms with E-state index in [1.165, 1.54) is 12.3 Å². The summed E-state index contributed by atoms with van der Waals surface area (Å²) in [6.07, 6.45) is 1.49. The van der Waals surface area contributed by atoms with Crippen LogP contribution >= 0.6 is 0 Å². The maximum atomic E-state index is 9.33. The number of nitrogens with one attached hydrogen (secondary N) is 1. The first-order valence-corrected chi connectivity index (χ1v) is 5.03. The van der Waals surface area contributed by atoms with Crippen molar-refractivity contribution in [2.75, 3.05) is 5.73 Å². The molecule has 3 aromatic rings. The number of H-pyrrole nitrogens is 1. The van der Waals surface area contributed by atoms with Crippen molar-refractivity contribution in [2.24, 2.45) is 0 Å². The van der Waals surface area contributed by atoms with Gasteiger partial charge in [0.05, 0.1) is 11.9 Å². The first kappa shape index (κ1) is 10.3. The number of nitrogens with two attached hydrogens (primary N) is 1. The van der Waals surface area contributed by atoms with Gasteiger partial charge in [0.15, 0.2) is 5.69 Å². The Labute approximate surface area is 100 Å². The number of anilines is 1. The summed E-state index contributed by atoms with van der Waals surface area (Å²) in [7, 11) is 0. The average molecular weight is 244 g/mol. The fourth-order valence-electron chi connectivity index (χ4n) is 1.44. The monoisotopic (exact) mass is 244 g/mol. The van der Waals surface area contributed by atoms with Crippen LogP contribution in [-0.4, -0.2) is 30.7 Å². The number of aromatic amines is 1. The van der Waals surface area contributed by atoms with Gasteiger partial charge in [-0.2, -0.15) is 20.4 Å². The maximum Gasteiger partial charge on any atom is 0.258 e. The van der Waals surface area contributed by atoms with Crippen LogP contribution in [0, 0.1) is 0 Å². The molecule has 1 aromatic carbocycles. The zero-order valence-electron chi connectivity index (χ0n) is 9.03. The molecule has 3 rings (SSSR count). The molecule has 0 bridgehead atoms. The van der Waals surface area contributed by atoms with Gasteiger partial charge in [-0.25, -0.2) is 0 Å². The lowest BCUT2D eigenvalue weighted by molar-refractivity contribution is 0.432. The number of aromatic nitrogens is 5. The Kier molecular flexibility index (Phi) is 2.19. The zero-order chi connectivity index (χ0) is 12.5. The van der Waals surface area contributed by atoms with E-state index < -0.39 is 0 Å². The van der Waals surface area contributed by atoms with E-state index in [4.69, 9.17) is 10.3 Å². The molecule has 0 saturated heterocycles. The van der Waals surface area contributed by atoms with Crippen molar-refractivity contribution in [1.29, 1.82) is 0 Å². The van der Waals surface area contributed by atoms with Crippen LogP contribution < -0.4 is 5.73 Å². The Bertz CT molecular complexity index is 676. The zero-order valence-corrected chi connectivity index (χ0v) is 9.03. The number of phenols is 1. The molecule has 90 valence electrons. The van der Waals surface area contributed by atoms with Crippen molar-refractivity contribution in [3.05, 3.63) is 24.4 Å². The second-order valence-corrected chi connectivity index (χ2v) is 3.55. The van der Waals surface area contributed by atoms with Gasteiger partial charge >= 0.3 is 0 Å². The molecule has 0 amide bonds. The third-order valence-electron chi connectivity index (χ3n) is 2.34. The van der Waals surface area contributed by atoms with E-state index in [9.17, 15) is 5.11 Å². The summed E-state index contributed by atoms with van der Waals surface area (Å²) < 4.78 is 5.09. The highest BCUT2D eigenvalue weighted by Gasteiger charge is 2.13. The highest BCUT2D eigenvalue weighted by Crippen LogP contribution is 2.27. The highest BCUT2D eigenvalue weighted by atomic mass is 16.5. The Morgan fingerprint density at radius 2 is 2.22 bits per heavy atom. The molecule has 2 aromatic heterocycles. The Morgan fingerprint density at radius 1 is 1.33 bits per heavy atom. The van der Waals surface area contributed by atoms with Gasteiger partial charge in [0.2, 0.25) is 5.82 Å². The number of benzene rings is 1. The normalized spacial score (nSPS) is 10.7. The van der Waals surface area contributed by atoms with Gasteiger partial charge in [-0.3, -0.25) is 0 Å². The lowest BCUT2D eigenvalue weighted by Gasteiger charge is -1.99. The van der Waals surface area contributed by atoms with E-state index in [2.05, 4.69) is 25.6 Å². The van der Waals surface area contributed by atoms with E-state index in [1.54, 1.807) is 12.1 Å². The minimum atomic E-state index is 0.00925. The third-order valence-corrected chi connectivity index (χ3v) is 2.34. The SMILES string of the molecule is Nc1cc(-c2nc(-c3cn[nH]n3)no2)ccc1O. The summed E-state index contributed by atoms with van der Waals surface area (Å²) in [6, 6.07) is 4.64. The molecule has 4 N–H and O–H groups in total. The van der Waals surface area contributed by atoms with E-state index >= 15 is 0 Å². The second-order valence-electron chi connectivity index (χ2n) is 3.55. The van der Waals surface area contributed by atoms with Gasteiger partial charge in [-0.15, -0.1) is 0 Å². The van der Waals surface area contributed by atoms with E-state index in [0.29, 0.717) is 23.0 Å². The molecule has 0 spiro atoms. The topological polar surface area (TPSA) is 127 Å². The molecule has 0 radical (unpaired) electrons. The summed E-state index contributed by atoms with van der Waals surface area (Å²) in [5, 5.41) is 23.1. The lowest BCUT2D eigenvalue weighted by atomic mass is 10.2. The van der Waals surface area contributed by atoms with Gasteiger partial charge in [0.25, 0.3) is 5.89 Å². The van der Waals surface area contributed by atoms with Crippen LogP contribution in [0.1, 0.15) is 0 Å². The van der Waals surface area contributed by atoms with Crippen LogP contribution in [0.4, 0.5) is 5.69 Å². The summed E-state index contributed by atoms with van der Waals surface area (Å²) >= 11 is 0. The van der Waals surface area contributed by atoms with E-state index in [0.717, 1.165) is 0 Å². The number of nitrogens with zero attached hydrogens (tertiary/aromatic N) is 4. The fraction of sp³-hybridized carbons (Fsp3) is 0. The number of hydrogen-bond acceptors (Lipinski definition) is 7. The predicted octanol–water partition coefficient (Wildman–Crippen LogP) is 0.809. The summed E-state index contributed by atoms with van der Waals surface area (Å²) in [6.45, 7) is 0. The van der Waals surface area contributed by atoms with Crippen LogP contribution in [0.15, 0.2) is 28.9 Å². The molecule has 18 heavy (non-hydrogen) atoms. The number of phenolic OH excluding ortho intramolecular Hbond substituents is 1. The molecule has 0 aliphatic heterocycles. The molecule has 0 aliphatic carbocycles. The Morgan fingerprint density at radius 3 is 2.94 bits per heavy atom. The maximum absolute atomic E-state index is 9.33. The van der Waals surface area contributed by atoms with Crippen LogP contribution in [0.25, 0.3) is 23.0 Å². The van der Waals surface area contributed by atoms with Crippen molar-refractivity contribution < 1.29 is 9.63 Å². The summed E-state index contributed by atoms with van der Waals surface area (Å²) in [5.74, 6) is 0.625. The van der Waals surface area contributed by atoms with Crippen molar-refractivity contribution in [3.8, 4) is 28.7 Å². The number of rotatable bonds is 2. The van der Waals surface area contributed by atoms with Crippen molar-refractivity contribution in [3.63, 3.8) is 0 Å². The number of nitrogen functional groups attached to an aromatic ring is 1. The molecule has 0 aliphatic rings. The van der Waals surface area contributed by atoms with Crippen LogP contribution in [-0.2, 0) is 0 Å². The minimum Gasteiger partial charge on any atom is -0.506 e. The molecule has 8 nitrogen and oxygen atoms in total. The smallest absolute Gasteiger partial charge is 0.258 e. The molecule has 8 heteroatoms. The van der Waals surface area contributed by atoms with Gasteiger partial charge < -0.3 is 15.4 Å². The van der Waals surface area contributed by atoms with Crippen LogP contribution in [0.2, 0.25) is 0 Å². The van der Waals surface area contributed by atoms with Crippen molar-refractivity contribution in [2.45, 2.75) is 0 Å². The molecule has 0 fully saturated rings. The fourth-order valence-corrected chi connectivity index (χ4v) is 1.44. The second kappa shape index (κ2) is 3.84. The molecule has 2 heterocycles. The standard InChI is InChI=1S/C10H8N6O2/c11-6-3-5(1-2-8(6)17)10-13-9(15-18-10)7-4-12-16-14-7/h1-4,17H,11H2,(H,12,14,16). The van der Waals surface area contributed by atoms with Gasteiger partial charge in [-0.1, -0.05) is 5.16 Å². The van der Waals surface area contributed by atoms with Gasteiger partial charge in [-0.05, 0) is 18.2 Å². The predicted molar refractivity (Wildman–Crippen MR) is 61.2 cm³/mol. The van der Waals surface area contributed by atoms with E-state index in [1.807, 2.05) is 0 Å². The van der Waals surface area contributed by atoms with Gasteiger partial charge in [0.1, 0.15) is 5.75 Å². The largest absolute Gasteiger partial charge is 0.506 e. The summed E-state index contributed by atoms with van der Waals surface area (Å²) in [4.78, 5) is 4.16. The Balaban J connectivity index is 2.00. The minimum absolute atomic E-state index is 0.00925. The van der Waals surface area contributed by atoms with Crippen molar-refractivity contribution in [1.82, 2.24) is 25.6 Å². The molecule has 0 saturated carbocycles. The molecular formula is C10H8N6O2.